The summed E-state index contributed by atoms with van der Waals surface area (Å²) >= 11 is 0. The Morgan fingerprint density at radius 2 is 0.255 bits per heavy atom. The van der Waals surface area contributed by atoms with Crippen LogP contribution in [0.4, 0.5) is 0 Å². The minimum Gasteiger partial charge on any atom is -0.0587 e. The van der Waals surface area contributed by atoms with Crippen LogP contribution in [0.25, 0.3) is 154 Å². The average molecular weight is 1810 g/mol. The van der Waals surface area contributed by atoms with Crippen LogP contribution in [0, 0.1) is 0 Å². The van der Waals surface area contributed by atoms with Crippen LogP contribution in [0.1, 0.15) is 388 Å². The minimum atomic E-state index is 0.0205. The summed E-state index contributed by atoms with van der Waals surface area (Å²) in [6.45, 7) is 89.0. The number of hydrogen-bond acceptors (Lipinski definition) is 0. The Balaban J connectivity index is 0.000000208. The van der Waals surface area contributed by atoms with Crippen LogP contribution in [0.3, 0.4) is 0 Å². The molecule has 0 atom stereocenters. The molecule has 0 fully saturated rings. The molecule has 0 heteroatoms. The summed E-state index contributed by atoms with van der Waals surface area (Å²) in [5.41, 5.74) is 41.5. The molecular formula is C137H162. The van der Waals surface area contributed by atoms with Crippen LogP contribution >= 0.6 is 0 Å². The first-order chi connectivity index (χ1) is 63.8. The van der Waals surface area contributed by atoms with Gasteiger partial charge in [-0.2, -0.15) is 0 Å². The fraction of sp³-hybridized carbons (Fsp3) is 0.387. The third-order valence-corrected chi connectivity index (χ3v) is 30.1. The van der Waals surface area contributed by atoms with Crippen molar-refractivity contribution in [3.05, 3.63) is 332 Å². The topological polar surface area (TPSA) is 0 Å². The maximum Gasteiger partial charge on any atom is -0.000139 e. The molecule has 137 heavy (non-hydrogen) atoms. The zero-order valence-electron chi connectivity index (χ0n) is 91.2. The third kappa shape index (κ3) is 19.7. The molecule has 0 spiro atoms. The highest BCUT2D eigenvalue weighted by Gasteiger charge is 2.35. The Morgan fingerprint density at radius 1 is 0.131 bits per heavy atom. The maximum absolute atomic E-state index is 2.62. The molecule has 0 aliphatic carbocycles. The van der Waals surface area contributed by atoms with E-state index in [1.54, 1.807) is 0 Å². The van der Waals surface area contributed by atoms with Crippen molar-refractivity contribution in [1.82, 2.24) is 0 Å². The Labute approximate surface area is 827 Å². The van der Waals surface area contributed by atoms with Crippen molar-refractivity contribution in [3.63, 3.8) is 0 Å². The van der Waals surface area contributed by atoms with Gasteiger partial charge in [0.05, 0.1) is 0 Å². The van der Waals surface area contributed by atoms with E-state index in [2.05, 4.69) is 512 Å². The molecule has 0 aliphatic heterocycles. The molecule has 0 heterocycles. The normalized spacial score (nSPS) is 13.1. The number of rotatable bonds is 15. The Kier molecular flexibility index (Phi) is 27.2. The van der Waals surface area contributed by atoms with Gasteiger partial charge in [0.25, 0.3) is 0 Å². The predicted molar refractivity (Wildman–Crippen MR) is 610 cm³/mol. The lowest BCUT2D eigenvalue weighted by Gasteiger charge is -2.29. The largest absolute Gasteiger partial charge is 0.0587 e. The lowest BCUT2D eigenvalue weighted by Crippen LogP contribution is -2.11. The molecule has 0 saturated heterocycles. The smallest absolute Gasteiger partial charge is 0.000139 e. The monoisotopic (exact) mass is 1810 g/mol. The first kappa shape index (κ1) is 101. The van der Waals surface area contributed by atoms with Crippen molar-refractivity contribution >= 4 is 64.6 Å². The SMILES string of the molecule is CC(C)c1cc2c(-c3ccc(C(C)(C)C)cc3)c3c(-c4ccc(C(C)(C)C)cc4)c4cc(C(C)C)c(C(C)C)cc4c(-c4ccc(C(C)(C)C)cc4)c3c(-c3ccc(C(C)(C)C)cc3)c2cc1C(C)C.CC(C)c1ccc2c(-c3ccc(C(C)(C)C)cc3)c3c(-c4ccc(C(C)(C)C)cc4)c4cc(C(C)C)c(C(C)C)cc4c(-c4ccc(C(C)(C)C)cc4)c3c(-c3ccc(C(C)(C)C)cc3)c2c1. The summed E-state index contributed by atoms with van der Waals surface area (Å²) in [4.78, 5) is 0. The van der Waals surface area contributed by atoms with Gasteiger partial charge < -0.3 is 0 Å². The standard InChI is InChI=1S/C70H84.C67H78/c1-41(2)53-37-57-58(38-54(53)42(3)4)62(46-23-31-50(32-24-46)68(12,13)14)66-64(48-27-35-52(36-28-48)70(18,19)20)60-40-56(44(7)8)55(43(5)6)39-59(60)63(47-25-33-51(34-26-47)69(15,16)17)65(66)61(57)45-21-29-49(30-22-45)67(9,10)11;1-40(2)47-27-36-52-55(37-47)59(44-21-30-49(31-22-44)65(10,11)12)63-61(46-25-34-51(35-26-46)67(16,17)18)57-39-54(42(5)6)53(41(3)4)38-56(57)60(45-23-32-50(33-24-45)66(13,14)15)62(63)58(52)43-19-28-48(29-20-43)64(7,8)9/h21-44H,1-20H3;19-42H,1-18H3. The van der Waals surface area contributed by atoms with E-state index in [4.69, 9.17) is 0 Å². The van der Waals surface area contributed by atoms with Gasteiger partial charge in [0.2, 0.25) is 0 Å². The van der Waals surface area contributed by atoms with Gasteiger partial charge in [0.15, 0.2) is 0 Å². The van der Waals surface area contributed by atoms with Gasteiger partial charge >= 0.3 is 0 Å². The third-order valence-electron chi connectivity index (χ3n) is 30.1. The van der Waals surface area contributed by atoms with Crippen LogP contribution < -0.4 is 0 Å². The highest BCUT2D eigenvalue weighted by molar-refractivity contribution is 6.36. The summed E-state index contributed by atoms with van der Waals surface area (Å²) < 4.78 is 0. The van der Waals surface area contributed by atoms with Gasteiger partial charge in [0.1, 0.15) is 0 Å². The van der Waals surface area contributed by atoms with Gasteiger partial charge in [-0.15, -0.1) is 0 Å². The van der Waals surface area contributed by atoms with Gasteiger partial charge in [-0.05, 0) is 358 Å². The highest BCUT2D eigenvalue weighted by Crippen LogP contribution is 2.60. The Hall–Kier alpha value is -10.9. The van der Waals surface area contributed by atoms with Gasteiger partial charge in [-0.3, -0.25) is 0 Å². The lowest BCUT2D eigenvalue weighted by atomic mass is 9.74. The van der Waals surface area contributed by atoms with E-state index in [1.165, 1.54) is 237 Å². The number of fused-ring (bicyclic) bond motifs is 6. The molecule has 0 amide bonds. The van der Waals surface area contributed by atoms with Crippen LogP contribution in [0.2, 0.25) is 0 Å². The minimum absolute atomic E-state index is 0.0205. The molecule has 0 unspecified atom stereocenters. The molecule has 0 saturated carbocycles. The van der Waals surface area contributed by atoms with E-state index < -0.39 is 0 Å². The quantitative estimate of drug-likeness (QED) is 0.0898. The molecule has 0 nitrogen and oxygen atoms in total. The summed E-state index contributed by atoms with van der Waals surface area (Å²) in [7, 11) is 0. The first-order valence-electron chi connectivity index (χ1n) is 51.9. The van der Waals surface area contributed by atoms with Crippen molar-refractivity contribution < 1.29 is 0 Å². The summed E-state index contributed by atoms with van der Waals surface area (Å²) in [6.07, 6.45) is 0. The zero-order chi connectivity index (χ0) is 99.9. The molecule has 710 valence electrons. The van der Waals surface area contributed by atoms with Crippen molar-refractivity contribution in [2.24, 2.45) is 0 Å². The molecule has 0 radical (unpaired) electrons. The van der Waals surface area contributed by atoms with Crippen LogP contribution in [-0.4, -0.2) is 0 Å². The second kappa shape index (κ2) is 37.0. The van der Waals surface area contributed by atoms with E-state index in [0.29, 0.717) is 41.4 Å². The molecule has 0 aromatic heterocycles. The Bertz CT molecular complexity index is 6750. The van der Waals surface area contributed by atoms with E-state index in [0.717, 1.165) is 0 Å². The highest BCUT2D eigenvalue weighted by atomic mass is 14.4. The van der Waals surface area contributed by atoms with E-state index >= 15 is 0 Å². The fourth-order valence-electron chi connectivity index (χ4n) is 21.6. The molecular weight excluding hydrogens is 1650 g/mol. The second-order valence-electron chi connectivity index (χ2n) is 51.1. The van der Waals surface area contributed by atoms with E-state index in [-0.39, 0.29) is 43.3 Å². The molecule has 0 aliphatic rings. The van der Waals surface area contributed by atoms with Gasteiger partial charge in [0, 0.05) is 0 Å². The lowest BCUT2D eigenvalue weighted by molar-refractivity contribution is 0.590. The van der Waals surface area contributed by atoms with Crippen LogP contribution in [0.15, 0.2) is 249 Å². The van der Waals surface area contributed by atoms with Crippen molar-refractivity contribution in [2.75, 3.05) is 0 Å². The Morgan fingerprint density at radius 3 is 0.372 bits per heavy atom. The second-order valence-corrected chi connectivity index (χ2v) is 51.1. The first-order valence-corrected chi connectivity index (χ1v) is 51.9. The summed E-state index contributed by atoms with van der Waals surface area (Å²) in [6, 6.07) is 100. The zero-order valence-corrected chi connectivity index (χ0v) is 91.2. The van der Waals surface area contributed by atoms with Crippen LogP contribution in [-0.2, 0) is 43.3 Å². The summed E-state index contributed by atoms with van der Waals surface area (Å²) in [5, 5.41) is 15.8. The summed E-state index contributed by atoms with van der Waals surface area (Å²) in [5.74, 6) is 2.48. The predicted octanol–water partition coefficient (Wildman–Crippen LogP) is 41.9. The number of hydrogen-bond donors (Lipinski definition) is 0. The van der Waals surface area contributed by atoms with Crippen molar-refractivity contribution in [1.29, 1.82) is 0 Å². The molecule has 16 aromatic rings. The molecule has 16 aromatic carbocycles. The average Bonchev–Trinajstić information content (AvgIpc) is 0.693. The van der Waals surface area contributed by atoms with Crippen molar-refractivity contribution in [2.45, 2.75) is 348 Å². The van der Waals surface area contributed by atoms with Crippen LogP contribution in [0.5, 0.6) is 0 Å². The van der Waals surface area contributed by atoms with Gasteiger partial charge in [-0.1, -0.05) is 475 Å². The fourth-order valence-corrected chi connectivity index (χ4v) is 21.6. The van der Waals surface area contributed by atoms with Gasteiger partial charge in [-0.25, -0.2) is 0 Å². The van der Waals surface area contributed by atoms with E-state index in [9.17, 15) is 0 Å². The number of benzene rings is 16. The van der Waals surface area contributed by atoms with Crippen molar-refractivity contribution in [3.8, 4) is 89.0 Å². The van der Waals surface area contributed by atoms with E-state index in [1.807, 2.05) is 0 Å². The maximum atomic E-state index is 2.62. The molecule has 16 rings (SSSR count). The molecule has 0 N–H and O–H groups in total. The molecule has 0 bridgehead atoms.